The highest BCUT2D eigenvalue weighted by molar-refractivity contribution is 9.10. The number of hydrogen-bond donors (Lipinski definition) is 1. The lowest BCUT2D eigenvalue weighted by molar-refractivity contribution is 0.208. The molecule has 1 nitrogen and oxygen atoms in total. The van der Waals surface area contributed by atoms with Crippen LogP contribution in [-0.2, 0) is 0 Å². The van der Waals surface area contributed by atoms with Crippen LogP contribution in [0.4, 0.5) is 8.78 Å². The average molecular weight is 412 g/mol. The zero-order valence-corrected chi connectivity index (χ0v) is 13.2. The van der Waals surface area contributed by atoms with Crippen LogP contribution < -0.4 is 0 Å². The first kappa shape index (κ1) is 14.9. The number of aliphatic hydroxyl groups is 1. The van der Waals surface area contributed by atoms with Crippen molar-refractivity contribution >= 4 is 43.5 Å². The molecule has 1 unspecified atom stereocenters. The van der Waals surface area contributed by atoms with Gasteiger partial charge in [-0.2, -0.15) is 0 Å². The van der Waals surface area contributed by atoms with Gasteiger partial charge in [0.15, 0.2) is 0 Å². The molecule has 0 saturated carbocycles. The molecule has 2 aromatic carbocycles. The van der Waals surface area contributed by atoms with Crippen molar-refractivity contribution in [3.05, 3.63) is 67.1 Å². The van der Waals surface area contributed by atoms with Gasteiger partial charge >= 0.3 is 0 Å². The number of benzene rings is 2. The molecule has 0 aromatic heterocycles. The summed E-state index contributed by atoms with van der Waals surface area (Å²) < 4.78 is 28.2. The highest BCUT2D eigenvalue weighted by atomic mass is 79.9. The predicted octanol–water partition coefficient (Wildman–Crippen LogP) is 5.22. The molecule has 1 N–H and O–H groups in total. The summed E-state index contributed by atoms with van der Waals surface area (Å²) in [7, 11) is 0. The minimum absolute atomic E-state index is 0.0935. The molecule has 100 valence electrons. The molecule has 0 aliphatic rings. The Labute approximate surface area is 130 Å². The van der Waals surface area contributed by atoms with Gasteiger partial charge in [-0.15, -0.1) is 0 Å². The third-order valence-electron chi connectivity index (χ3n) is 2.61. The van der Waals surface area contributed by atoms with Gasteiger partial charge in [-0.25, -0.2) is 8.78 Å². The van der Waals surface area contributed by atoms with Crippen LogP contribution in [0.25, 0.3) is 0 Å². The zero-order valence-electron chi connectivity index (χ0n) is 9.30. The van der Waals surface area contributed by atoms with Gasteiger partial charge in [-0.3, -0.25) is 0 Å². The van der Waals surface area contributed by atoms with Gasteiger partial charge in [0.25, 0.3) is 0 Å². The van der Waals surface area contributed by atoms with Crippen molar-refractivity contribution in [1.29, 1.82) is 0 Å². The molecule has 0 amide bonds. The molecular weight excluding hydrogens is 405 g/mol. The Morgan fingerprint density at radius 2 is 1.74 bits per heavy atom. The first-order chi connectivity index (χ1) is 8.91. The fourth-order valence-electron chi connectivity index (χ4n) is 1.64. The summed E-state index contributed by atoms with van der Waals surface area (Å²) in [6.07, 6.45) is -1.41. The van der Waals surface area contributed by atoms with E-state index in [1.54, 1.807) is 0 Å². The molecule has 6 heteroatoms. The summed E-state index contributed by atoms with van der Waals surface area (Å²) in [6.45, 7) is 0. The van der Waals surface area contributed by atoms with Crippen molar-refractivity contribution in [2.24, 2.45) is 0 Å². The smallest absolute Gasteiger partial charge is 0.146 e. The Hall–Kier alpha value is -0.490. The minimum Gasteiger partial charge on any atom is -0.383 e. The van der Waals surface area contributed by atoms with Crippen molar-refractivity contribution < 1.29 is 13.9 Å². The third kappa shape index (κ3) is 2.99. The molecular formula is C13H7Br2ClF2O. The Kier molecular flexibility index (Phi) is 4.61. The minimum atomic E-state index is -1.41. The molecule has 0 aliphatic heterocycles. The Morgan fingerprint density at radius 1 is 1.05 bits per heavy atom. The van der Waals surface area contributed by atoms with E-state index in [4.69, 9.17) is 11.6 Å². The van der Waals surface area contributed by atoms with Crippen LogP contribution in [0.5, 0.6) is 0 Å². The van der Waals surface area contributed by atoms with E-state index < -0.39 is 23.3 Å². The second-order valence-electron chi connectivity index (χ2n) is 3.83. The van der Waals surface area contributed by atoms with Crippen LogP contribution in [0.3, 0.4) is 0 Å². The molecule has 2 aromatic rings. The predicted molar refractivity (Wildman–Crippen MR) is 77.3 cm³/mol. The molecule has 0 saturated heterocycles. The number of hydrogen-bond acceptors (Lipinski definition) is 1. The van der Waals surface area contributed by atoms with Gasteiger partial charge in [0, 0.05) is 4.47 Å². The van der Waals surface area contributed by atoms with Gasteiger partial charge in [0.05, 0.1) is 15.1 Å². The lowest BCUT2D eigenvalue weighted by atomic mass is 10.0. The summed E-state index contributed by atoms with van der Waals surface area (Å²) in [5.74, 6) is -1.63. The summed E-state index contributed by atoms with van der Waals surface area (Å²) >= 11 is 12.0. The van der Waals surface area contributed by atoms with E-state index in [0.29, 0.717) is 15.1 Å². The van der Waals surface area contributed by atoms with Crippen LogP contribution in [0.2, 0.25) is 5.02 Å². The maximum Gasteiger partial charge on any atom is 0.146 e. The van der Waals surface area contributed by atoms with E-state index in [1.807, 2.05) is 0 Å². The second-order valence-corrected chi connectivity index (χ2v) is 5.95. The van der Waals surface area contributed by atoms with Crippen molar-refractivity contribution in [3.63, 3.8) is 0 Å². The Bertz CT molecular complexity index is 634. The van der Waals surface area contributed by atoms with Crippen molar-refractivity contribution in [1.82, 2.24) is 0 Å². The zero-order chi connectivity index (χ0) is 14.2. The lowest BCUT2D eigenvalue weighted by Crippen LogP contribution is -2.06. The van der Waals surface area contributed by atoms with Crippen molar-refractivity contribution in [3.8, 4) is 0 Å². The van der Waals surface area contributed by atoms with Crippen molar-refractivity contribution in [2.45, 2.75) is 6.10 Å². The van der Waals surface area contributed by atoms with Gasteiger partial charge in [0.2, 0.25) is 0 Å². The molecule has 0 spiro atoms. The van der Waals surface area contributed by atoms with Crippen LogP contribution in [0, 0.1) is 11.6 Å². The molecule has 0 aliphatic carbocycles. The highest BCUT2D eigenvalue weighted by Gasteiger charge is 2.22. The van der Waals surface area contributed by atoms with E-state index in [2.05, 4.69) is 31.9 Å². The normalized spacial score (nSPS) is 12.5. The third-order valence-corrected chi connectivity index (χ3v) is 4.44. The van der Waals surface area contributed by atoms with E-state index in [0.717, 1.165) is 6.07 Å². The van der Waals surface area contributed by atoms with E-state index in [-0.39, 0.29) is 4.47 Å². The van der Waals surface area contributed by atoms with E-state index in [1.165, 1.54) is 24.3 Å². The highest BCUT2D eigenvalue weighted by Crippen LogP contribution is 2.33. The summed E-state index contributed by atoms with van der Waals surface area (Å²) in [5.41, 5.74) is -0.0595. The fourth-order valence-corrected chi connectivity index (χ4v) is 2.50. The van der Waals surface area contributed by atoms with Gasteiger partial charge in [0.1, 0.15) is 17.7 Å². The molecule has 2 rings (SSSR count). The van der Waals surface area contributed by atoms with Crippen LogP contribution >= 0.6 is 43.5 Å². The molecule has 0 fully saturated rings. The molecule has 0 radical (unpaired) electrons. The summed E-state index contributed by atoms with van der Waals surface area (Å²) in [4.78, 5) is 0. The van der Waals surface area contributed by atoms with Gasteiger partial charge < -0.3 is 5.11 Å². The van der Waals surface area contributed by atoms with Crippen LogP contribution in [0.15, 0.2) is 39.3 Å². The summed E-state index contributed by atoms with van der Waals surface area (Å²) in [5, 5.41) is 10.6. The standard InChI is InChI=1S/C13H7Br2ClF2O/c14-7-2-4-10(17)11(12(7)18)13(19)6-1-3-9(16)8(15)5-6/h1-5,13,19H. The number of rotatable bonds is 2. The van der Waals surface area contributed by atoms with E-state index >= 15 is 0 Å². The fraction of sp³-hybridized carbons (Fsp3) is 0.0769. The summed E-state index contributed by atoms with van der Waals surface area (Å²) in [6, 6.07) is 6.91. The monoisotopic (exact) mass is 410 g/mol. The topological polar surface area (TPSA) is 20.2 Å². The first-order valence-electron chi connectivity index (χ1n) is 5.18. The maximum atomic E-state index is 13.9. The van der Waals surface area contributed by atoms with E-state index in [9.17, 15) is 13.9 Å². The van der Waals surface area contributed by atoms with Gasteiger partial charge in [-0.05, 0) is 61.7 Å². The van der Waals surface area contributed by atoms with Crippen molar-refractivity contribution in [2.75, 3.05) is 0 Å². The average Bonchev–Trinajstić information content (AvgIpc) is 2.37. The number of aliphatic hydroxyl groups excluding tert-OH is 1. The second kappa shape index (κ2) is 5.87. The SMILES string of the molecule is OC(c1ccc(Cl)c(Br)c1)c1c(F)ccc(Br)c1F. The van der Waals surface area contributed by atoms with Crippen LogP contribution in [-0.4, -0.2) is 5.11 Å². The number of halogens is 5. The molecule has 0 bridgehead atoms. The Balaban J connectivity index is 2.52. The quantitative estimate of drug-likeness (QED) is 0.670. The maximum absolute atomic E-state index is 13.9. The molecule has 19 heavy (non-hydrogen) atoms. The largest absolute Gasteiger partial charge is 0.383 e. The lowest BCUT2D eigenvalue weighted by Gasteiger charge is -2.15. The molecule has 0 heterocycles. The molecule has 1 atom stereocenters. The first-order valence-corrected chi connectivity index (χ1v) is 7.14. The van der Waals surface area contributed by atoms with Crippen LogP contribution in [0.1, 0.15) is 17.2 Å². The van der Waals surface area contributed by atoms with Gasteiger partial charge in [-0.1, -0.05) is 17.7 Å². The Morgan fingerprint density at radius 3 is 2.37 bits per heavy atom.